The van der Waals surface area contributed by atoms with Gasteiger partial charge in [-0.15, -0.1) is 0 Å². The van der Waals surface area contributed by atoms with E-state index in [1.807, 2.05) is 0 Å². The second-order valence-electron chi connectivity index (χ2n) is 6.31. The summed E-state index contributed by atoms with van der Waals surface area (Å²) < 4.78 is 51.5. The second kappa shape index (κ2) is 8.93. The quantitative estimate of drug-likeness (QED) is 0.366. The van der Waals surface area contributed by atoms with E-state index in [9.17, 15) is 22.8 Å². The number of benzene rings is 2. The zero-order valence-corrected chi connectivity index (χ0v) is 18.0. The van der Waals surface area contributed by atoms with Gasteiger partial charge in [-0.3, -0.25) is 0 Å². The van der Waals surface area contributed by atoms with Crippen molar-refractivity contribution in [3.63, 3.8) is 0 Å². The average Bonchev–Trinajstić information content (AvgIpc) is 3.18. The minimum atomic E-state index is -4.63. The molecule has 0 N–H and O–H groups in total. The maximum atomic E-state index is 13.6. The van der Waals surface area contributed by atoms with Gasteiger partial charge < -0.3 is 9.47 Å². The van der Waals surface area contributed by atoms with Gasteiger partial charge >= 0.3 is 18.1 Å². The van der Waals surface area contributed by atoms with Crippen molar-refractivity contribution in [2.45, 2.75) is 11.5 Å². The van der Waals surface area contributed by atoms with Gasteiger partial charge in [0.15, 0.2) is 5.69 Å². The molecule has 0 aliphatic carbocycles. The Bertz CT molecular complexity index is 1130. The van der Waals surface area contributed by atoms with E-state index < -0.39 is 23.7 Å². The van der Waals surface area contributed by atoms with Crippen LogP contribution in [0.2, 0.25) is 0 Å². The zero-order chi connectivity index (χ0) is 22.8. The van der Waals surface area contributed by atoms with Gasteiger partial charge in [0.25, 0.3) is 0 Å². The average molecular weight is 497 g/mol. The molecule has 0 spiro atoms. The molecule has 2 aromatic carbocycles. The first-order valence-electron chi connectivity index (χ1n) is 8.84. The number of hydrogen-bond donors (Lipinski definition) is 0. The molecule has 0 saturated heterocycles. The molecule has 0 aliphatic rings. The molecule has 6 nitrogen and oxygen atoms in total. The van der Waals surface area contributed by atoms with Crippen molar-refractivity contribution in [2.75, 3.05) is 14.2 Å². The highest BCUT2D eigenvalue weighted by Crippen LogP contribution is 2.37. The summed E-state index contributed by atoms with van der Waals surface area (Å²) in [5, 5.41) is 4.29. The fourth-order valence-corrected chi connectivity index (χ4v) is 3.55. The van der Waals surface area contributed by atoms with Crippen LogP contribution < -0.4 is 0 Å². The van der Waals surface area contributed by atoms with Gasteiger partial charge in [0, 0.05) is 10.9 Å². The third-order valence-corrected chi connectivity index (χ3v) is 5.09. The number of aromatic nitrogens is 2. The molecule has 0 saturated carbocycles. The lowest BCUT2D eigenvalue weighted by atomic mass is 10.00. The molecular weight excluding hydrogens is 481 g/mol. The largest absolute Gasteiger partial charge is 0.465 e. The topological polar surface area (TPSA) is 70.4 Å². The Labute approximate surface area is 183 Å². The van der Waals surface area contributed by atoms with E-state index in [4.69, 9.17) is 9.47 Å². The molecule has 0 atom stereocenters. The molecule has 0 bridgehead atoms. The van der Waals surface area contributed by atoms with Crippen molar-refractivity contribution in [3.05, 3.63) is 70.9 Å². The Morgan fingerprint density at radius 2 is 1.68 bits per heavy atom. The molecule has 3 aromatic rings. The van der Waals surface area contributed by atoms with Crippen molar-refractivity contribution in [1.82, 2.24) is 9.78 Å². The van der Waals surface area contributed by atoms with Gasteiger partial charge in [-0.2, -0.15) is 18.3 Å². The van der Waals surface area contributed by atoms with Crippen LogP contribution in [0, 0.1) is 0 Å². The number of nitrogens with zero attached hydrogens (tertiary/aromatic N) is 2. The van der Waals surface area contributed by atoms with Crippen molar-refractivity contribution >= 4 is 27.9 Å². The predicted molar refractivity (Wildman–Crippen MR) is 109 cm³/mol. The molecule has 3 rings (SSSR count). The summed E-state index contributed by atoms with van der Waals surface area (Å²) in [7, 11) is 2.22. The lowest BCUT2D eigenvalue weighted by Crippen LogP contribution is -2.15. The molecule has 162 valence electrons. The van der Waals surface area contributed by atoms with Crippen molar-refractivity contribution < 1.29 is 32.2 Å². The molecule has 10 heteroatoms. The Morgan fingerprint density at radius 3 is 2.23 bits per heavy atom. The normalized spacial score (nSPS) is 11.3. The van der Waals surface area contributed by atoms with Gasteiger partial charge in [0.1, 0.15) is 11.3 Å². The van der Waals surface area contributed by atoms with Crippen molar-refractivity contribution in [1.29, 1.82) is 0 Å². The number of para-hydroxylation sites is 1. The van der Waals surface area contributed by atoms with Crippen LogP contribution in [0.25, 0.3) is 16.9 Å². The summed E-state index contributed by atoms with van der Waals surface area (Å²) in [5.41, 5.74) is -1.14. The van der Waals surface area contributed by atoms with Gasteiger partial charge in [-0.05, 0) is 23.8 Å². The number of alkyl halides is 4. The lowest BCUT2D eigenvalue weighted by molar-refractivity contribution is -0.138. The highest BCUT2D eigenvalue weighted by Gasteiger charge is 2.35. The number of rotatable bonds is 5. The number of methoxy groups -OCH3 is 2. The van der Waals surface area contributed by atoms with E-state index in [0.29, 0.717) is 5.69 Å². The number of carbonyl (C=O) groups excluding carboxylic acids is 2. The highest BCUT2D eigenvalue weighted by atomic mass is 79.9. The molecule has 0 fully saturated rings. The minimum Gasteiger partial charge on any atom is -0.465 e. The van der Waals surface area contributed by atoms with Gasteiger partial charge in [-0.25, -0.2) is 14.3 Å². The van der Waals surface area contributed by atoms with Gasteiger partial charge in [-0.1, -0.05) is 46.3 Å². The van der Waals surface area contributed by atoms with E-state index in [1.54, 1.807) is 30.3 Å². The van der Waals surface area contributed by atoms with E-state index in [1.165, 1.54) is 12.1 Å². The summed E-state index contributed by atoms with van der Waals surface area (Å²) in [4.78, 5) is 25.1. The summed E-state index contributed by atoms with van der Waals surface area (Å²) >= 11 is 3.05. The van der Waals surface area contributed by atoms with Crippen molar-refractivity contribution in [2.24, 2.45) is 0 Å². The predicted octanol–water partition coefficient (Wildman–Crippen LogP) is 5.03. The van der Waals surface area contributed by atoms with E-state index in [2.05, 4.69) is 21.0 Å². The molecule has 1 heterocycles. The third kappa shape index (κ3) is 4.34. The monoisotopic (exact) mass is 496 g/mol. The van der Waals surface area contributed by atoms with Crippen LogP contribution in [0.5, 0.6) is 0 Å². The van der Waals surface area contributed by atoms with E-state index in [-0.39, 0.29) is 33.4 Å². The van der Waals surface area contributed by atoms with Crippen LogP contribution in [0.4, 0.5) is 13.2 Å². The number of halogens is 4. The SMILES string of the molecule is COC(=O)c1c(-c2ccc(CBr)c(C(F)(F)F)c2)nn(-c2ccccc2)c1C(=O)OC. The highest BCUT2D eigenvalue weighted by molar-refractivity contribution is 9.08. The van der Waals surface area contributed by atoms with Crippen LogP contribution in [-0.2, 0) is 21.0 Å². The summed E-state index contributed by atoms with van der Waals surface area (Å²) in [5.74, 6) is -1.83. The Kier molecular flexibility index (Phi) is 6.49. The first-order chi connectivity index (χ1) is 14.7. The molecule has 0 unspecified atom stereocenters. The van der Waals surface area contributed by atoms with Gasteiger partial charge in [0.2, 0.25) is 0 Å². The van der Waals surface area contributed by atoms with Gasteiger partial charge in [0.05, 0.1) is 25.5 Å². The Balaban J connectivity index is 2.37. The van der Waals surface area contributed by atoms with Crippen LogP contribution in [0.15, 0.2) is 48.5 Å². The molecule has 0 aliphatic heterocycles. The molecule has 0 radical (unpaired) electrons. The number of ether oxygens (including phenoxy) is 2. The minimum absolute atomic E-state index is 0.00254. The molecule has 0 amide bonds. The first kappa shape index (κ1) is 22.5. The standard InChI is InChI=1S/C21H16BrF3N2O4/c1-30-19(28)16-17(12-8-9-13(11-22)15(10-12)21(23,24)25)26-27(18(16)20(29)31-2)14-6-4-3-5-7-14/h3-10H,11H2,1-2H3. The molecule has 1 aromatic heterocycles. The maximum Gasteiger partial charge on any atom is 0.416 e. The maximum absolute atomic E-state index is 13.6. The van der Waals surface area contributed by atoms with Crippen LogP contribution in [0.3, 0.4) is 0 Å². The Morgan fingerprint density at radius 1 is 1.03 bits per heavy atom. The fraction of sp³-hybridized carbons (Fsp3) is 0.190. The molecule has 31 heavy (non-hydrogen) atoms. The lowest BCUT2D eigenvalue weighted by Gasteiger charge is -2.13. The smallest absolute Gasteiger partial charge is 0.416 e. The fourth-order valence-electron chi connectivity index (χ4n) is 3.06. The summed E-state index contributed by atoms with van der Waals surface area (Å²) in [6.45, 7) is 0. The van der Waals surface area contributed by atoms with Crippen molar-refractivity contribution in [3.8, 4) is 16.9 Å². The summed E-state index contributed by atoms with van der Waals surface area (Å²) in [6.07, 6.45) is -4.63. The second-order valence-corrected chi connectivity index (χ2v) is 6.87. The van der Waals surface area contributed by atoms with E-state index >= 15 is 0 Å². The van der Waals surface area contributed by atoms with Crippen LogP contribution in [-0.4, -0.2) is 35.9 Å². The third-order valence-electron chi connectivity index (χ3n) is 4.49. The van der Waals surface area contributed by atoms with E-state index in [0.717, 1.165) is 25.0 Å². The zero-order valence-electron chi connectivity index (χ0n) is 16.4. The molecular formula is C21H16BrF3N2O4. The number of hydrogen-bond acceptors (Lipinski definition) is 5. The van der Waals surface area contributed by atoms with Crippen LogP contribution in [0.1, 0.15) is 32.0 Å². The first-order valence-corrected chi connectivity index (χ1v) is 9.96. The number of esters is 2. The van der Waals surface area contributed by atoms with Crippen LogP contribution >= 0.6 is 15.9 Å². The Hall–Kier alpha value is -3.14. The number of carbonyl (C=O) groups is 2. The summed E-state index contributed by atoms with van der Waals surface area (Å²) in [6, 6.07) is 11.9.